The van der Waals surface area contributed by atoms with Crippen LogP contribution in [0.4, 0.5) is 14.7 Å². The number of morpholine rings is 1. The number of alkyl halides is 2. The highest BCUT2D eigenvalue weighted by molar-refractivity contribution is 5.77. The Balaban J connectivity index is 1.21. The quantitative estimate of drug-likeness (QED) is 0.450. The summed E-state index contributed by atoms with van der Waals surface area (Å²) in [5, 5.41) is 11.0. The van der Waals surface area contributed by atoms with Gasteiger partial charge in [0.05, 0.1) is 29.8 Å². The van der Waals surface area contributed by atoms with E-state index in [0.717, 1.165) is 32.1 Å². The number of halogens is 2. The van der Waals surface area contributed by atoms with Crippen molar-refractivity contribution in [3.63, 3.8) is 0 Å². The van der Waals surface area contributed by atoms with E-state index in [1.54, 1.807) is 18.2 Å². The van der Waals surface area contributed by atoms with Gasteiger partial charge in [0.15, 0.2) is 5.82 Å². The fraction of sp³-hybridized carbons (Fsp3) is 0.655. The average Bonchev–Trinajstić information content (AvgIpc) is 3.32. The maximum Gasteiger partial charge on any atom is 0.296 e. The van der Waals surface area contributed by atoms with E-state index in [1.165, 1.54) is 17.4 Å². The fourth-order valence-electron chi connectivity index (χ4n) is 8.13. The number of nitrogens with zero attached hydrogens (tertiary/aromatic N) is 6. The molecule has 4 saturated carbocycles. The fourth-order valence-corrected chi connectivity index (χ4v) is 8.13. The minimum Gasteiger partial charge on any atom is -0.390 e. The molecule has 2 aromatic heterocycles. The van der Waals surface area contributed by atoms with Crippen LogP contribution in [-0.4, -0.2) is 61.5 Å². The number of aliphatic hydroxyl groups is 1. The zero-order valence-electron chi connectivity index (χ0n) is 22.3. The number of aromatic nitrogens is 5. The SMILES string of the molecule is CC(CCC1[C@@H]2CC3C[C@H]1CC(O)(C3)C2)c1nc(N2CCOCC2)nc(-n2c(C(F)F)nc3ccccc32)n1. The van der Waals surface area contributed by atoms with Crippen molar-refractivity contribution < 1.29 is 18.6 Å². The molecule has 0 spiro atoms. The Bertz CT molecular complexity index is 1340. The maximum atomic E-state index is 14.2. The Morgan fingerprint density at radius 1 is 1.00 bits per heavy atom. The smallest absolute Gasteiger partial charge is 0.296 e. The summed E-state index contributed by atoms with van der Waals surface area (Å²) in [4.78, 5) is 20.6. The van der Waals surface area contributed by atoms with E-state index in [2.05, 4.69) is 11.9 Å². The molecule has 1 aliphatic heterocycles. The molecule has 5 fully saturated rings. The second kappa shape index (κ2) is 9.73. The third-order valence-electron chi connectivity index (χ3n) is 9.71. The van der Waals surface area contributed by atoms with Crippen molar-refractivity contribution >= 4 is 17.0 Å². The van der Waals surface area contributed by atoms with Gasteiger partial charge in [0.2, 0.25) is 11.9 Å². The molecule has 3 heterocycles. The zero-order valence-corrected chi connectivity index (χ0v) is 22.3. The molecule has 3 aromatic rings. The molecule has 6 atom stereocenters. The number of ether oxygens (including phenoxy) is 1. The van der Waals surface area contributed by atoms with Crippen LogP contribution in [-0.2, 0) is 4.74 Å². The molecular weight excluding hydrogens is 502 g/mol. The predicted molar refractivity (Wildman–Crippen MR) is 142 cm³/mol. The predicted octanol–water partition coefficient (Wildman–Crippen LogP) is 5.06. The summed E-state index contributed by atoms with van der Waals surface area (Å²) in [5.41, 5.74) is 0.612. The van der Waals surface area contributed by atoms with Gasteiger partial charge in [-0.25, -0.2) is 13.8 Å². The molecule has 5 aliphatic rings. The van der Waals surface area contributed by atoms with Crippen molar-refractivity contribution in [2.24, 2.45) is 23.7 Å². The van der Waals surface area contributed by atoms with Crippen molar-refractivity contribution in [1.29, 1.82) is 0 Å². The van der Waals surface area contributed by atoms with Crippen LogP contribution in [0, 0.1) is 23.7 Å². The molecule has 8 rings (SSSR count). The molecule has 39 heavy (non-hydrogen) atoms. The number of para-hydroxylation sites is 2. The first-order valence-electron chi connectivity index (χ1n) is 14.4. The van der Waals surface area contributed by atoms with Gasteiger partial charge in [-0.05, 0) is 80.8 Å². The molecule has 4 aliphatic carbocycles. The lowest BCUT2D eigenvalue weighted by Gasteiger charge is -2.58. The lowest BCUT2D eigenvalue weighted by atomic mass is 9.49. The van der Waals surface area contributed by atoms with E-state index >= 15 is 0 Å². The van der Waals surface area contributed by atoms with E-state index in [4.69, 9.17) is 19.7 Å². The molecule has 1 N–H and O–H groups in total. The number of benzene rings is 1. The summed E-state index contributed by atoms with van der Waals surface area (Å²) in [7, 11) is 0. The standard InChI is InChI=1S/C29H36F2N6O2/c1-17(6-7-21-19-12-18-13-20(21)16-29(38,14-18)15-19)25-33-27(36-8-10-39-11-9-36)35-28(34-25)37-23-5-3-2-4-22(23)32-26(37)24(30)31/h2-5,17-21,24,38H,6-16H2,1H3/t17?,18?,19-,20+,21?,29?. The third kappa shape index (κ3) is 4.59. The molecule has 0 radical (unpaired) electrons. The van der Waals surface area contributed by atoms with Gasteiger partial charge in [-0.2, -0.15) is 15.0 Å². The minimum atomic E-state index is -2.77. The van der Waals surface area contributed by atoms with Gasteiger partial charge in [0, 0.05) is 19.0 Å². The second-order valence-corrected chi connectivity index (χ2v) is 12.3. The summed E-state index contributed by atoms with van der Waals surface area (Å²) in [6.45, 7) is 4.55. The van der Waals surface area contributed by atoms with Gasteiger partial charge in [-0.1, -0.05) is 19.1 Å². The molecule has 4 unspecified atom stereocenters. The zero-order chi connectivity index (χ0) is 26.7. The second-order valence-electron chi connectivity index (χ2n) is 12.3. The normalized spacial score (nSPS) is 30.9. The van der Waals surface area contributed by atoms with Crippen LogP contribution in [0.2, 0.25) is 0 Å². The van der Waals surface area contributed by atoms with Crippen LogP contribution >= 0.6 is 0 Å². The topological polar surface area (TPSA) is 89.2 Å². The van der Waals surface area contributed by atoms with Crippen molar-refractivity contribution in [3.8, 4) is 5.95 Å². The molecule has 1 aromatic carbocycles. The average molecular weight is 539 g/mol. The van der Waals surface area contributed by atoms with Crippen molar-refractivity contribution in [2.45, 2.75) is 69.8 Å². The Morgan fingerprint density at radius 2 is 1.72 bits per heavy atom. The van der Waals surface area contributed by atoms with Crippen LogP contribution in [0.1, 0.15) is 75.9 Å². The number of anilines is 1. The molecular formula is C29H36F2N6O2. The monoisotopic (exact) mass is 538 g/mol. The van der Waals surface area contributed by atoms with Gasteiger partial charge in [0.25, 0.3) is 6.43 Å². The van der Waals surface area contributed by atoms with Crippen LogP contribution in [0.15, 0.2) is 24.3 Å². The van der Waals surface area contributed by atoms with Crippen LogP contribution in [0.25, 0.3) is 17.0 Å². The van der Waals surface area contributed by atoms with Crippen LogP contribution in [0.3, 0.4) is 0 Å². The largest absolute Gasteiger partial charge is 0.390 e. The summed E-state index contributed by atoms with van der Waals surface area (Å²) >= 11 is 0. The number of hydrogen-bond acceptors (Lipinski definition) is 7. The van der Waals surface area contributed by atoms with Gasteiger partial charge >= 0.3 is 0 Å². The molecule has 4 bridgehead atoms. The molecule has 10 heteroatoms. The maximum absolute atomic E-state index is 14.2. The highest BCUT2D eigenvalue weighted by Crippen LogP contribution is 2.59. The highest BCUT2D eigenvalue weighted by Gasteiger charge is 2.54. The van der Waals surface area contributed by atoms with E-state index in [-0.39, 0.29) is 17.7 Å². The summed E-state index contributed by atoms with van der Waals surface area (Å²) < 4.78 is 35.2. The Hall–Kier alpha value is -2.72. The van der Waals surface area contributed by atoms with Gasteiger partial charge < -0.3 is 14.7 Å². The van der Waals surface area contributed by atoms with Gasteiger partial charge in [0.1, 0.15) is 5.82 Å². The molecule has 0 amide bonds. The first-order chi connectivity index (χ1) is 18.9. The Kier molecular flexibility index (Phi) is 6.30. The Labute approximate surface area is 226 Å². The molecule has 208 valence electrons. The Morgan fingerprint density at radius 3 is 2.44 bits per heavy atom. The summed E-state index contributed by atoms with van der Waals surface area (Å²) in [6.07, 6.45) is 4.60. The van der Waals surface area contributed by atoms with E-state index in [0.29, 0.717) is 72.8 Å². The number of imidazole rings is 1. The van der Waals surface area contributed by atoms with Gasteiger partial charge in [-0.3, -0.25) is 4.57 Å². The first kappa shape index (κ1) is 25.3. The van der Waals surface area contributed by atoms with Gasteiger partial charge in [-0.15, -0.1) is 0 Å². The third-order valence-corrected chi connectivity index (χ3v) is 9.71. The van der Waals surface area contributed by atoms with Crippen LogP contribution in [0.5, 0.6) is 0 Å². The minimum absolute atomic E-state index is 0.0385. The number of rotatable bonds is 7. The lowest BCUT2D eigenvalue weighted by Crippen LogP contribution is -2.54. The summed E-state index contributed by atoms with van der Waals surface area (Å²) in [5.74, 6) is 3.53. The highest BCUT2D eigenvalue weighted by atomic mass is 19.3. The summed E-state index contributed by atoms with van der Waals surface area (Å²) in [6, 6.07) is 7.10. The molecule has 1 saturated heterocycles. The van der Waals surface area contributed by atoms with Crippen molar-refractivity contribution in [3.05, 3.63) is 35.9 Å². The number of hydrogen-bond donors (Lipinski definition) is 1. The van der Waals surface area contributed by atoms with Crippen LogP contribution < -0.4 is 4.90 Å². The number of fused-ring (bicyclic) bond motifs is 1. The van der Waals surface area contributed by atoms with E-state index in [1.807, 2.05) is 11.0 Å². The van der Waals surface area contributed by atoms with E-state index < -0.39 is 12.0 Å². The lowest BCUT2D eigenvalue weighted by molar-refractivity contribution is -0.153. The van der Waals surface area contributed by atoms with E-state index in [9.17, 15) is 13.9 Å². The van der Waals surface area contributed by atoms with Crippen molar-refractivity contribution in [2.75, 3.05) is 31.2 Å². The first-order valence-corrected chi connectivity index (χ1v) is 14.4. The van der Waals surface area contributed by atoms with Crippen molar-refractivity contribution in [1.82, 2.24) is 24.5 Å². The molecule has 8 nitrogen and oxygen atoms in total.